The second-order valence-electron chi connectivity index (χ2n) is 20.9. The molecule has 0 fully saturated rings. The lowest BCUT2D eigenvalue weighted by atomic mass is 9.59. The highest BCUT2D eigenvalue weighted by atomic mass is 15.0. The maximum Gasteiger partial charge on any atom is 0.165 e. The molecule has 0 spiro atoms. The molecule has 0 saturated heterocycles. The van der Waals surface area contributed by atoms with Crippen LogP contribution >= 0.6 is 0 Å². The van der Waals surface area contributed by atoms with Crippen LogP contribution in [-0.4, -0.2) is 19.9 Å². The summed E-state index contributed by atoms with van der Waals surface area (Å²) in [6, 6.07) is 71.7. The molecule has 0 radical (unpaired) electrons. The van der Waals surface area contributed by atoms with E-state index in [2.05, 4.69) is 243 Å². The minimum absolute atomic E-state index is 0.00872. The molecule has 2 aromatic heterocycles. The van der Waals surface area contributed by atoms with Gasteiger partial charge in [-0.25, -0.2) is 15.0 Å². The van der Waals surface area contributed by atoms with Crippen LogP contribution in [0.1, 0.15) is 63.8 Å². The van der Waals surface area contributed by atoms with Crippen molar-refractivity contribution in [3.8, 4) is 101 Å². The second-order valence-corrected chi connectivity index (χ2v) is 20.9. The average molecular weight is 919 g/mol. The summed E-state index contributed by atoms with van der Waals surface area (Å²) in [5.41, 5.74) is 21.6. The number of nitrogens with zero attached hydrogens (tertiary/aromatic N) is 4. The highest BCUT2D eigenvalue weighted by molar-refractivity contribution is 5.94. The Kier molecular flexibility index (Phi) is 11.3. The van der Waals surface area contributed by atoms with Gasteiger partial charge in [0.1, 0.15) is 0 Å². The van der Waals surface area contributed by atoms with Gasteiger partial charge in [0.2, 0.25) is 0 Å². The van der Waals surface area contributed by atoms with E-state index < -0.39 is 0 Å². The van der Waals surface area contributed by atoms with E-state index in [9.17, 15) is 0 Å². The topological polar surface area (TPSA) is 51.6 Å². The first-order chi connectivity index (χ1) is 34.2. The van der Waals surface area contributed by atoms with Crippen LogP contribution < -0.4 is 0 Å². The second kappa shape index (κ2) is 17.7. The zero-order chi connectivity index (χ0) is 49.1. The third-order valence-corrected chi connectivity index (χ3v) is 16.0. The molecule has 0 atom stereocenters. The summed E-state index contributed by atoms with van der Waals surface area (Å²) >= 11 is 0. The third kappa shape index (κ3) is 8.17. The van der Waals surface area contributed by atoms with Gasteiger partial charge in [0.25, 0.3) is 0 Å². The SMILES string of the molecule is Cc1cc(C)cc(-c2ccccc2-c2ccc(-c3ccc(-c4nc(-c5cccc(-c6ccccc6)c5)nc(-c5cccc(-c6ccccc6)c5)n4)cn3)cc2-c2ccc3c(c2)C(C)(C)C(C)(C)C3(C)C)c1. The van der Waals surface area contributed by atoms with Crippen LogP contribution in [0, 0.1) is 19.3 Å². The minimum Gasteiger partial charge on any atom is -0.255 e. The predicted octanol–water partition coefficient (Wildman–Crippen LogP) is 17.5. The van der Waals surface area contributed by atoms with Gasteiger partial charge in [-0.05, 0) is 127 Å². The highest BCUT2D eigenvalue weighted by Gasteiger charge is 2.56. The Morgan fingerprint density at radius 2 is 0.775 bits per heavy atom. The lowest BCUT2D eigenvalue weighted by Crippen LogP contribution is -2.42. The zero-order valence-corrected chi connectivity index (χ0v) is 41.9. The number of hydrogen-bond acceptors (Lipinski definition) is 4. The summed E-state index contributed by atoms with van der Waals surface area (Å²) in [5.74, 6) is 1.76. The van der Waals surface area contributed by atoms with Crippen molar-refractivity contribution < 1.29 is 0 Å². The average Bonchev–Trinajstić information content (AvgIpc) is 3.51. The van der Waals surface area contributed by atoms with Gasteiger partial charge in [-0.3, -0.25) is 4.98 Å². The molecule has 4 heteroatoms. The standard InChI is InChI=1S/C67H58N4/c1-43-35-44(2)37-54(36-43)55-27-15-16-28-56(55)57-32-29-50(40-58(57)49-30-33-59-60(41-49)66(5,6)67(7,8)65(59,3)4)61-34-31-53(42-68-61)64-70-62(51-25-17-23-47(38-51)45-19-11-9-12-20-45)69-63(71-64)52-26-18-24-48(39-52)46-21-13-10-14-22-46/h9-42H,1-8H3. The third-order valence-electron chi connectivity index (χ3n) is 16.0. The van der Waals surface area contributed by atoms with Crippen LogP contribution in [0.5, 0.6) is 0 Å². The van der Waals surface area contributed by atoms with Gasteiger partial charge >= 0.3 is 0 Å². The number of rotatable bonds is 9. The van der Waals surface area contributed by atoms with Crippen LogP contribution in [0.4, 0.5) is 0 Å². The van der Waals surface area contributed by atoms with Crippen molar-refractivity contribution in [2.45, 2.75) is 66.2 Å². The van der Waals surface area contributed by atoms with Gasteiger partial charge in [0.05, 0.1) is 5.69 Å². The fraction of sp³-hybridized carbons (Fsp3) is 0.164. The van der Waals surface area contributed by atoms with Gasteiger partial charge in [0, 0.05) is 28.5 Å². The molecular weight excluding hydrogens is 861 g/mol. The number of benzene rings is 8. The molecule has 346 valence electrons. The Labute approximate surface area is 419 Å². The molecule has 0 amide bonds. The van der Waals surface area contributed by atoms with E-state index in [0.29, 0.717) is 17.5 Å². The van der Waals surface area contributed by atoms with Gasteiger partial charge in [-0.15, -0.1) is 0 Å². The normalized spacial score (nSPS) is 14.3. The Bertz CT molecular complexity index is 3500. The number of pyridine rings is 1. The van der Waals surface area contributed by atoms with Crippen LogP contribution in [0.2, 0.25) is 0 Å². The van der Waals surface area contributed by atoms with Crippen molar-refractivity contribution in [3.05, 3.63) is 229 Å². The molecule has 0 N–H and O–H groups in total. The molecule has 11 rings (SSSR count). The smallest absolute Gasteiger partial charge is 0.165 e. The first-order valence-corrected chi connectivity index (χ1v) is 24.8. The molecule has 2 heterocycles. The molecule has 0 saturated carbocycles. The molecule has 0 unspecified atom stereocenters. The Balaban J connectivity index is 1.03. The van der Waals surface area contributed by atoms with Crippen molar-refractivity contribution in [1.29, 1.82) is 0 Å². The molecule has 4 nitrogen and oxygen atoms in total. The molecule has 1 aliphatic rings. The fourth-order valence-corrected chi connectivity index (χ4v) is 10.9. The molecule has 0 bridgehead atoms. The largest absolute Gasteiger partial charge is 0.255 e. The molecular formula is C67H58N4. The van der Waals surface area contributed by atoms with Crippen LogP contribution in [0.25, 0.3) is 101 Å². The van der Waals surface area contributed by atoms with Gasteiger partial charge in [-0.1, -0.05) is 223 Å². The van der Waals surface area contributed by atoms with Crippen LogP contribution in [0.3, 0.4) is 0 Å². The summed E-state index contributed by atoms with van der Waals surface area (Å²) in [6.07, 6.45) is 1.91. The summed E-state index contributed by atoms with van der Waals surface area (Å²) in [4.78, 5) is 20.6. The highest BCUT2D eigenvalue weighted by Crippen LogP contribution is 2.62. The van der Waals surface area contributed by atoms with Crippen molar-refractivity contribution >= 4 is 0 Å². The maximum absolute atomic E-state index is 5.18. The van der Waals surface area contributed by atoms with Gasteiger partial charge in [0.15, 0.2) is 17.5 Å². The molecule has 10 aromatic rings. The molecule has 1 aliphatic carbocycles. The van der Waals surface area contributed by atoms with Crippen molar-refractivity contribution in [1.82, 2.24) is 19.9 Å². The lowest BCUT2D eigenvalue weighted by molar-refractivity contribution is 0.125. The van der Waals surface area contributed by atoms with E-state index in [1.165, 1.54) is 55.6 Å². The zero-order valence-electron chi connectivity index (χ0n) is 41.9. The minimum atomic E-state index is -0.0435. The van der Waals surface area contributed by atoms with E-state index in [1.54, 1.807) is 0 Å². The van der Waals surface area contributed by atoms with E-state index in [-0.39, 0.29) is 16.2 Å². The number of aryl methyl sites for hydroxylation is 2. The number of hydrogen-bond donors (Lipinski definition) is 0. The molecule has 8 aromatic carbocycles. The van der Waals surface area contributed by atoms with Crippen molar-refractivity contribution in [3.63, 3.8) is 0 Å². The lowest BCUT2D eigenvalue weighted by Gasteiger charge is -2.44. The van der Waals surface area contributed by atoms with Crippen molar-refractivity contribution in [2.24, 2.45) is 5.41 Å². The Morgan fingerprint density at radius 3 is 1.35 bits per heavy atom. The molecule has 71 heavy (non-hydrogen) atoms. The maximum atomic E-state index is 5.18. The predicted molar refractivity (Wildman–Crippen MR) is 296 cm³/mol. The summed E-state index contributed by atoms with van der Waals surface area (Å²) in [5, 5.41) is 0. The first kappa shape index (κ1) is 45.4. The number of fused-ring (bicyclic) bond motifs is 1. The summed E-state index contributed by atoms with van der Waals surface area (Å²) < 4.78 is 0. The fourth-order valence-electron chi connectivity index (χ4n) is 10.9. The van der Waals surface area contributed by atoms with Gasteiger partial charge in [-0.2, -0.15) is 0 Å². The van der Waals surface area contributed by atoms with E-state index in [1.807, 2.05) is 18.3 Å². The van der Waals surface area contributed by atoms with Crippen molar-refractivity contribution in [2.75, 3.05) is 0 Å². The Hall–Kier alpha value is -8.08. The monoisotopic (exact) mass is 918 g/mol. The first-order valence-electron chi connectivity index (χ1n) is 24.8. The van der Waals surface area contributed by atoms with E-state index in [4.69, 9.17) is 19.9 Å². The quantitative estimate of drug-likeness (QED) is 0.145. The van der Waals surface area contributed by atoms with E-state index >= 15 is 0 Å². The summed E-state index contributed by atoms with van der Waals surface area (Å²) in [7, 11) is 0. The number of aromatic nitrogens is 4. The Morgan fingerprint density at radius 1 is 0.296 bits per heavy atom. The summed E-state index contributed by atoms with van der Waals surface area (Å²) in [6.45, 7) is 18.9. The van der Waals surface area contributed by atoms with Crippen LogP contribution in [0.15, 0.2) is 206 Å². The van der Waals surface area contributed by atoms with Crippen LogP contribution in [-0.2, 0) is 10.8 Å². The van der Waals surface area contributed by atoms with E-state index in [0.717, 1.165) is 50.2 Å². The molecule has 0 aliphatic heterocycles. The van der Waals surface area contributed by atoms with Gasteiger partial charge < -0.3 is 0 Å².